The number of nitrogens with one attached hydrogen (secondary N) is 1. The van der Waals surface area contributed by atoms with Gasteiger partial charge in [0.25, 0.3) is 5.56 Å². The van der Waals surface area contributed by atoms with Crippen molar-refractivity contribution >= 4 is 22.5 Å². The molecule has 3 aromatic rings. The number of aromatic nitrogens is 1. The maximum Gasteiger partial charge on any atom is 0.295 e. The molecule has 0 spiro atoms. The number of aryl methyl sites for hydroxylation is 1. The molecule has 0 unspecified atom stereocenters. The molecular weight excluding hydrogens is 318 g/mol. The van der Waals surface area contributed by atoms with E-state index in [2.05, 4.69) is 4.98 Å². The van der Waals surface area contributed by atoms with Crippen molar-refractivity contribution in [2.24, 2.45) is 0 Å². The Morgan fingerprint density at radius 3 is 2.57 bits per heavy atom. The second-order valence-corrected chi connectivity index (χ2v) is 5.44. The minimum atomic E-state index is -0.555. The number of fused-ring (bicyclic) bond motifs is 1. The van der Waals surface area contributed by atoms with Gasteiger partial charge < -0.3 is 19.6 Å². The molecule has 0 saturated heterocycles. The molecule has 0 aliphatic carbocycles. The molecule has 0 radical (unpaired) electrons. The fraction of sp³-hybridized carbons (Fsp3) is 0.118. The van der Waals surface area contributed by atoms with Crippen LogP contribution in [0.5, 0.6) is 23.0 Å². The Kier molecular flexibility index (Phi) is 3.88. The monoisotopic (exact) mass is 331 g/mol. The Morgan fingerprint density at radius 1 is 1.17 bits per heavy atom. The van der Waals surface area contributed by atoms with Gasteiger partial charge in [-0.1, -0.05) is 23.7 Å². The molecule has 0 fully saturated rings. The average Bonchev–Trinajstić information content (AvgIpc) is 2.54. The maximum atomic E-state index is 12.2. The van der Waals surface area contributed by atoms with E-state index in [0.29, 0.717) is 27.4 Å². The molecule has 2 N–H and O–H groups in total. The summed E-state index contributed by atoms with van der Waals surface area (Å²) in [7, 11) is 1.50. The van der Waals surface area contributed by atoms with E-state index in [0.717, 1.165) is 5.56 Å². The summed E-state index contributed by atoms with van der Waals surface area (Å²) in [5.41, 5.74) is 0.668. The number of rotatable bonds is 3. The fourth-order valence-corrected chi connectivity index (χ4v) is 2.46. The van der Waals surface area contributed by atoms with Crippen molar-refractivity contribution in [1.29, 1.82) is 0 Å². The van der Waals surface area contributed by atoms with Crippen LogP contribution in [0.2, 0.25) is 5.02 Å². The smallest absolute Gasteiger partial charge is 0.295 e. The number of hydrogen-bond acceptors (Lipinski definition) is 4. The highest BCUT2D eigenvalue weighted by atomic mass is 35.5. The lowest BCUT2D eigenvalue weighted by molar-refractivity contribution is 0.365. The van der Waals surface area contributed by atoms with Gasteiger partial charge in [-0.3, -0.25) is 4.79 Å². The van der Waals surface area contributed by atoms with Crippen molar-refractivity contribution in [3.05, 3.63) is 57.3 Å². The molecule has 1 heterocycles. The first-order valence-corrected chi connectivity index (χ1v) is 7.25. The van der Waals surface area contributed by atoms with Crippen molar-refractivity contribution in [1.82, 2.24) is 4.98 Å². The number of methoxy groups -OCH3 is 1. The topological polar surface area (TPSA) is 71.5 Å². The normalized spacial score (nSPS) is 10.7. The van der Waals surface area contributed by atoms with Crippen LogP contribution in [0.1, 0.15) is 5.56 Å². The zero-order chi connectivity index (χ0) is 16.6. The Bertz CT molecular complexity index is 949. The van der Waals surface area contributed by atoms with Crippen LogP contribution in [-0.2, 0) is 0 Å². The molecule has 6 heteroatoms. The fourth-order valence-electron chi connectivity index (χ4n) is 2.30. The number of benzene rings is 2. The molecule has 5 nitrogen and oxygen atoms in total. The van der Waals surface area contributed by atoms with E-state index in [1.807, 2.05) is 6.92 Å². The minimum Gasteiger partial charge on any atom is -0.504 e. The Labute approximate surface area is 137 Å². The lowest BCUT2D eigenvalue weighted by Crippen LogP contribution is -2.09. The quantitative estimate of drug-likeness (QED) is 0.761. The number of aromatic hydroxyl groups is 1. The number of para-hydroxylation sites is 2. The first kappa shape index (κ1) is 15.2. The summed E-state index contributed by atoms with van der Waals surface area (Å²) >= 11 is 6.05. The van der Waals surface area contributed by atoms with Gasteiger partial charge in [0.05, 0.1) is 12.6 Å². The number of H-pyrrole nitrogens is 1. The lowest BCUT2D eigenvalue weighted by atomic mass is 10.1. The van der Waals surface area contributed by atoms with Crippen molar-refractivity contribution < 1.29 is 14.6 Å². The first-order chi connectivity index (χ1) is 11.0. The van der Waals surface area contributed by atoms with Crippen LogP contribution in [0.25, 0.3) is 10.9 Å². The van der Waals surface area contributed by atoms with Crippen LogP contribution in [-0.4, -0.2) is 17.2 Å². The van der Waals surface area contributed by atoms with E-state index < -0.39 is 5.56 Å². The third-order valence-corrected chi connectivity index (χ3v) is 3.91. The van der Waals surface area contributed by atoms with E-state index in [4.69, 9.17) is 21.1 Å². The summed E-state index contributed by atoms with van der Waals surface area (Å²) in [5, 5.41) is 11.4. The van der Waals surface area contributed by atoms with Crippen molar-refractivity contribution in [2.45, 2.75) is 6.92 Å². The highest BCUT2D eigenvalue weighted by Crippen LogP contribution is 2.37. The zero-order valence-electron chi connectivity index (χ0n) is 12.5. The minimum absolute atomic E-state index is 0.191. The summed E-state index contributed by atoms with van der Waals surface area (Å²) in [5.74, 6) is 0.359. The third-order valence-electron chi connectivity index (χ3n) is 3.50. The van der Waals surface area contributed by atoms with Gasteiger partial charge in [-0.25, -0.2) is 0 Å². The Morgan fingerprint density at radius 2 is 1.87 bits per heavy atom. The maximum absolute atomic E-state index is 12.2. The molecule has 3 rings (SSSR count). The summed E-state index contributed by atoms with van der Waals surface area (Å²) < 4.78 is 10.8. The van der Waals surface area contributed by atoms with Gasteiger partial charge >= 0.3 is 0 Å². The van der Waals surface area contributed by atoms with E-state index in [-0.39, 0.29) is 11.5 Å². The van der Waals surface area contributed by atoms with Crippen LogP contribution >= 0.6 is 11.6 Å². The highest BCUT2D eigenvalue weighted by molar-refractivity contribution is 6.32. The largest absolute Gasteiger partial charge is 0.504 e. The van der Waals surface area contributed by atoms with Crippen LogP contribution < -0.4 is 15.0 Å². The summed E-state index contributed by atoms with van der Waals surface area (Å²) in [6.07, 6.45) is 0. The lowest BCUT2D eigenvalue weighted by Gasteiger charge is -2.12. The van der Waals surface area contributed by atoms with Gasteiger partial charge in [0.2, 0.25) is 5.75 Å². The first-order valence-electron chi connectivity index (χ1n) is 6.87. The van der Waals surface area contributed by atoms with E-state index >= 15 is 0 Å². The predicted octanol–water partition coefficient (Wildman–Crippen LogP) is 4.00. The van der Waals surface area contributed by atoms with E-state index in [1.54, 1.807) is 36.4 Å². The van der Waals surface area contributed by atoms with Gasteiger partial charge in [0, 0.05) is 10.4 Å². The zero-order valence-corrected chi connectivity index (χ0v) is 13.3. The number of ether oxygens (including phenoxy) is 2. The van der Waals surface area contributed by atoms with Gasteiger partial charge in [-0.05, 0) is 36.8 Å². The molecular formula is C17H14ClNO4. The SMILES string of the molecule is COc1ccccc1Oc1c(O)c2cc(C)c(Cl)cc2[nH]c1=O. The number of hydrogen-bond donors (Lipinski definition) is 2. The van der Waals surface area contributed by atoms with Gasteiger partial charge in [0.1, 0.15) is 0 Å². The predicted molar refractivity (Wildman–Crippen MR) is 89.0 cm³/mol. The summed E-state index contributed by atoms with van der Waals surface area (Å²) in [6.45, 7) is 1.81. The van der Waals surface area contributed by atoms with Crippen LogP contribution in [0, 0.1) is 6.92 Å². The van der Waals surface area contributed by atoms with Gasteiger partial charge in [0.15, 0.2) is 17.2 Å². The number of halogens is 1. The highest BCUT2D eigenvalue weighted by Gasteiger charge is 2.17. The molecule has 0 bridgehead atoms. The molecule has 0 aliphatic heterocycles. The molecule has 0 amide bonds. The standard InChI is InChI=1S/C17H14ClNO4/c1-9-7-10-12(8-11(9)18)19-17(21)16(15(10)20)23-14-6-4-3-5-13(14)22-2/h3-8H,1-2H3,(H2,19,20,21). The van der Waals surface area contributed by atoms with Crippen molar-refractivity contribution in [3.8, 4) is 23.0 Å². The molecule has 1 aromatic heterocycles. The summed E-state index contributed by atoms with van der Waals surface area (Å²) in [6, 6.07) is 10.2. The molecule has 0 atom stereocenters. The number of pyridine rings is 1. The van der Waals surface area contributed by atoms with Crippen LogP contribution in [0.4, 0.5) is 0 Å². The molecule has 0 saturated carbocycles. The van der Waals surface area contributed by atoms with E-state index in [9.17, 15) is 9.90 Å². The van der Waals surface area contributed by atoms with Crippen LogP contribution in [0.3, 0.4) is 0 Å². The molecule has 0 aliphatic rings. The summed E-state index contributed by atoms with van der Waals surface area (Å²) in [4.78, 5) is 14.9. The molecule has 2 aromatic carbocycles. The Hall–Kier alpha value is -2.66. The second kappa shape index (κ2) is 5.85. The second-order valence-electron chi connectivity index (χ2n) is 5.03. The van der Waals surface area contributed by atoms with Crippen molar-refractivity contribution in [2.75, 3.05) is 7.11 Å². The van der Waals surface area contributed by atoms with Gasteiger partial charge in [-0.15, -0.1) is 0 Å². The molecule has 118 valence electrons. The molecule has 23 heavy (non-hydrogen) atoms. The third kappa shape index (κ3) is 2.71. The van der Waals surface area contributed by atoms with Gasteiger partial charge in [-0.2, -0.15) is 0 Å². The Balaban J connectivity index is 2.18. The number of aromatic amines is 1. The van der Waals surface area contributed by atoms with Crippen LogP contribution in [0.15, 0.2) is 41.2 Å². The van der Waals surface area contributed by atoms with Crippen molar-refractivity contribution in [3.63, 3.8) is 0 Å². The average molecular weight is 332 g/mol. The van der Waals surface area contributed by atoms with E-state index in [1.165, 1.54) is 7.11 Å².